The van der Waals surface area contributed by atoms with Gasteiger partial charge in [-0.15, -0.1) is 6.58 Å². The van der Waals surface area contributed by atoms with E-state index >= 15 is 0 Å². The second-order valence-electron chi connectivity index (χ2n) is 7.99. The van der Waals surface area contributed by atoms with E-state index in [4.69, 9.17) is 5.11 Å². The molecule has 3 N–H and O–H groups in total. The maximum Gasteiger partial charge on any atom is 0.306 e. The number of Topliss-reactive ketones (excluding diaryl/α,β-unsaturated/α-hetero) is 1. The molecule has 0 aliphatic heterocycles. The minimum absolute atomic E-state index is 0.0515. The van der Waals surface area contributed by atoms with Gasteiger partial charge in [-0.25, -0.2) is 0 Å². The summed E-state index contributed by atoms with van der Waals surface area (Å²) in [5.41, 5.74) is -0.948. The van der Waals surface area contributed by atoms with E-state index < -0.39 is 17.7 Å². The number of rotatable bonds is 13. The number of allylic oxidation sites excluding steroid dienone is 2. The first-order valence-corrected chi connectivity index (χ1v) is 10.3. The van der Waals surface area contributed by atoms with Gasteiger partial charge >= 0.3 is 5.97 Å². The zero-order valence-corrected chi connectivity index (χ0v) is 17.2. The summed E-state index contributed by atoms with van der Waals surface area (Å²) in [6, 6.07) is 0. The van der Waals surface area contributed by atoms with Gasteiger partial charge in [0.15, 0.2) is 0 Å². The fourth-order valence-corrected chi connectivity index (χ4v) is 3.56. The maximum absolute atomic E-state index is 12.2. The van der Waals surface area contributed by atoms with Crippen LogP contribution >= 0.6 is 0 Å². The maximum atomic E-state index is 12.2. The molecule has 0 bridgehead atoms. The van der Waals surface area contributed by atoms with Crippen LogP contribution in [0.3, 0.4) is 0 Å². The Morgan fingerprint density at radius 2 is 2.07 bits per heavy atom. The van der Waals surface area contributed by atoms with Gasteiger partial charge in [-0.05, 0) is 32.1 Å². The smallest absolute Gasteiger partial charge is 0.306 e. The molecule has 0 heterocycles. The zero-order chi connectivity index (χ0) is 21.2. The third-order valence-electron chi connectivity index (χ3n) is 5.65. The summed E-state index contributed by atoms with van der Waals surface area (Å²) in [5.74, 6) is -1.66. The van der Waals surface area contributed by atoms with Gasteiger partial charge in [0.05, 0.1) is 17.6 Å². The molecule has 28 heavy (non-hydrogen) atoms. The summed E-state index contributed by atoms with van der Waals surface area (Å²) in [6.07, 6.45) is 13.3. The lowest BCUT2D eigenvalue weighted by Crippen LogP contribution is -2.25. The molecular formula is C23H36O5. The number of unbranched alkanes of at least 4 members (excludes halogenated alkanes) is 1. The molecule has 1 rings (SSSR count). The number of carboxylic acids is 1. The molecule has 0 saturated heterocycles. The molecular weight excluding hydrogens is 356 g/mol. The molecule has 1 aliphatic rings. The van der Waals surface area contributed by atoms with E-state index in [-0.39, 0.29) is 30.0 Å². The van der Waals surface area contributed by atoms with Crippen LogP contribution in [0.25, 0.3) is 0 Å². The quantitative estimate of drug-likeness (QED) is 0.411. The first kappa shape index (κ1) is 24.3. The fraction of sp³-hybridized carbons (Fsp3) is 0.652. The van der Waals surface area contributed by atoms with E-state index in [1.165, 1.54) is 0 Å². The van der Waals surface area contributed by atoms with Crippen LogP contribution in [0.15, 0.2) is 37.0 Å². The Labute approximate surface area is 168 Å². The van der Waals surface area contributed by atoms with E-state index in [9.17, 15) is 19.8 Å². The Hall–Kier alpha value is -1.72. The van der Waals surface area contributed by atoms with Gasteiger partial charge in [0.1, 0.15) is 5.78 Å². The minimum Gasteiger partial charge on any atom is -0.481 e. The van der Waals surface area contributed by atoms with Crippen molar-refractivity contribution in [2.45, 2.75) is 76.9 Å². The highest BCUT2D eigenvalue weighted by molar-refractivity contribution is 5.84. The number of carbonyl (C=O) groups is 2. The molecule has 5 nitrogen and oxygen atoms in total. The summed E-state index contributed by atoms with van der Waals surface area (Å²) in [6.45, 7) is 7.48. The van der Waals surface area contributed by atoms with Crippen molar-refractivity contribution in [3.8, 4) is 0 Å². The fourth-order valence-electron chi connectivity index (χ4n) is 3.56. The molecule has 0 aromatic rings. The lowest BCUT2D eigenvalue weighted by molar-refractivity contribution is -0.141. The van der Waals surface area contributed by atoms with Crippen LogP contribution in [0.5, 0.6) is 0 Å². The van der Waals surface area contributed by atoms with Crippen LogP contribution in [0.4, 0.5) is 0 Å². The Bertz CT molecular complexity index is 580. The topological polar surface area (TPSA) is 94.8 Å². The molecule has 5 heteroatoms. The number of carbonyl (C=O) groups excluding carboxylic acids is 1. The molecule has 5 atom stereocenters. The summed E-state index contributed by atoms with van der Waals surface area (Å²) in [4.78, 5) is 23.1. The van der Waals surface area contributed by atoms with Gasteiger partial charge in [-0.2, -0.15) is 0 Å². The predicted molar refractivity (Wildman–Crippen MR) is 111 cm³/mol. The SMILES string of the molecule is C=CC(O)(C/C=C/[C@H]1[C@H](O)CC(=O)[C@@H]1C/C=C\CCC(C)C(=O)O)CCCC. The van der Waals surface area contributed by atoms with Crippen LogP contribution in [0.1, 0.15) is 65.2 Å². The second-order valence-corrected chi connectivity index (χ2v) is 7.99. The molecule has 0 aromatic carbocycles. The Morgan fingerprint density at radius 1 is 1.36 bits per heavy atom. The van der Waals surface area contributed by atoms with Crippen LogP contribution in [0.2, 0.25) is 0 Å². The predicted octanol–water partition coefficient (Wildman–Crippen LogP) is 4.05. The van der Waals surface area contributed by atoms with Crippen molar-refractivity contribution in [1.82, 2.24) is 0 Å². The number of aliphatic carboxylic acids is 1. The second kappa shape index (κ2) is 12.0. The molecule has 0 radical (unpaired) electrons. The molecule has 2 unspecified atom stereocenters. The largest absolute Gasteiger partial charge is 0.481 e. The molecule has 1 fully saturated rings. The Morgan fingerprint density at radius 3 is 2.68 bits per heavy atom. The first-order valence-electron chi connectivity index (χ1n) is 10.3. The molecule has 1 saturated carbocycles. The number of aliphatic hydroxyl groups excluding tert-OH is 1. The van der Waals surface area contributed by atoms with E-state index in [2.05, 4.69) is 13.5 Å². The lowest BCUT2D eigenvalue weighted by atomic mass is 9.88. The van der Waals surface area contributed by atoms with Crippen molar-refractivity contribution in [2.24, 2.45) is 17.8 Å². The monoisotopic (exact) mass is 392 g/mol. The van der Waals surface area contributed by atoms with Gasteiger partial charge in [-0.3, -0.25) is 9.59 Å². The number of ketones is 1. The molecule has 0 amide bonds. The lowest BCUT2D eigenvalue weighted by Gasteiger charge is -2.23. The summed E-state index contributed by atoms with van der Waals surface area (Å²) in [5, 5.41) is 29.7. The Balaban J connectivity index is 2.61. The van der Waals surface area contributed by atoms with Crippen LogP contribution < -0.4 is 0 Å². The van der Waals surface area contributed by atoms with Crippen molar-refractivity contribution in [2.75, 3.05) is 0 Å². The number of aliphatic hydroxyl groups is 2. The van der Waals surface area contributed by atoms with Crippen molar-refractivity contribution in [3.63, 3.8) is 0 Å². The standard InChI is InChI=1S/C23H36O5/c1-4-6-14-23(28,5-2)15-10-13-19-18(20(24)16-21(19)25)12-9-7-8-11-17(3)22(26)27/h5,7,9-10,13,17-19,21,25,28H,2,4,6,8,11-12,14-16H2,1,3H3,(H,26,27)/b9-7-,13-10+/t17?,18-,19-,21-,23?/m1/s1. The highest BCUT2D eigenvalue weighted by Gasteiger charge is 2.39. The van der Waals surface area contributed by atoms with Gasteiger partial charge in [-0.1, -0.05) is 57.1 Å². The normalized spacial score (nSPS) is 26.0. The summed E-state index contributed by atoms with van der Waals surface area (Å²) < 4.78 is 0. The third-order valence-corrected chi connectivity index (χ3v) is 5.65. The molecule has 1 aliphatic carbocycles. The zero-order valence-electron chi connectivity index (χ0n) is 17.2. The number of hydrogen-bond donors (Lipinski definition) is 3. The van der Waals surface area contributed by atoms with E-state index in [0.29, 0.717) is 32.1 Å². The highest BCUT2D eigenvalue weighted by Crippen LogP contribution is 2.34. The van der Waals surface area contributed by atoms with Crippen molar-refractivity contribution >= 4 is 11.8 Å². The summed E-state index contributed by atoms with van der Waals surface area (Å²) >= 11 is 0. The molecule has 158 valence electrons. The first-order chi connectivity index (χ1) is 13.2. The number of carboxylic acid groups (broad SMARTS) is 1. The van der Waals surface area contributed by atoms with E-state index in [0.717, 1.165) is 12.8 Å². The van der Waals surface area contributed by atoms with Crippen molar-refractivity contribution in [3.05, 3.63) is 37.0 Å². The van der Waals surface area contributed by atoms with Crippen LogP contribution in [-0.4, -0.2) is 38.8 Å². The average Bonchev–Trinajstić information content (AvgIpc) is 2.92. The van der Waals surface area contributed by atoms with Crippen molar-refractivity contribution < 1.29 is 24.9 Å². The van der Waals surface area contributed by atoms with Gasteiger partial charge in [0, 0.05) is 18.3 Å². The third kappa shape index (κ3) is 7.72. The summed E-state index contributed by atoms with van der Waals surface area (Å²) in [7, 11) is 0. The molecule has 0 spiro atoms. The highest BCUT2D eigenvalue weighted by atomic mass is 16.4. The van der Waals surface area contributed by atoms with E-state index in [1.807, 2.05) is 24.3 Å². The van der Waals surface area contributed by atoms with Gasteiger partial charge in [0.2, 0.25) is 0 Å². The number of hydrogen-bond acceptors (Lipinski definition) is 4. The Kier molecular flexibility index (Phi) is 10.4. The minimum atomic E-state index is -0.948. The average molecular weight is 393 g/mol. The van der Waals surface area contributed by atoms with Crippen LogP contribution in [0, 0.1) is 17.8 Å². The van der Waals surface area contributed by atoms with Crippen LogP contribution in [-0.2, 0) is 9.59 Å². The van der Waals surface area contributed by atoms with Crippen molar-refractivity contribution in [1.29, 1.82) is 0 Å². The van der Waals surface area contributed by atoms with Gasteiger partial charge < -0.3 is 15.3 Å². The molecule has 0 aromatic heterocycles. The van der Waals surface area contributed by atoms with Gasteiger partial charge in [0.25, 0.3) is 0 Å². The van der Waals surface area contributed by atoms with E-state index in [1.54, 1.807) is 13.0 Å².